The van der Waals surface area contributed by atoms with E-state index in [0.29, 0.717) is 6.42 Å². The molecule has 0 radical (unpaired) electrons. The number of hydrogen-bond donors (Lipinski definition) is 1. The number of hydrogen-bond acceptors (Lipinski definition) is 3. The Hall–Kier alpha value is -0.190. The van der Waals surface area contributed by atoms with E-state index in [2.05, 4.69) is 15.9 Å². The summed E-state index contributed by atoms with van der Waals surface area (Å²) in [6.45, 7) is 1.99. The number of rotatable bonds is 4. The molecule has 1 atom stereocenters. The van der Waals surface area contributed by atoms with Crippen molar-refractivity contribution in [3.8, 4) is 0 Å². The van der Waals surface area contributed by atoms with Gasteiger partial charge in [-0.3, -0.25) is 4.79 Å². The number of Topliss-reactive ketones (excluding diaryl/α,β-unsaturated/α-hetero) is 1. The van der Waals surface area contributed by atoms with Gasteiger partial charge >= 0.3 is 0 Å². The van der Waals surface area contributed by atoms with Crippen molar-refractivity contribution in [1.82, 2.24) is 0 Å². The van der Waals surface area contributed by atoms with E-state index < -0.39 is 0 Å². The van der Waals surface area contributed by atoms with E-state index in [9.17, 15) is 4.79 Å². The number of carbonyl (C=O) groups excluding carboxylic acids is 1. The van der Waals surface area contributed by atoms with Crippen LogP contribution in [0.5, 0.6) is 0 Å². The highest BCUT2D eigenvalue weighted by Crippen LogP contribution is 2.23. The largest absolute Gasteiger partial charge is 0.327 e. The average molecular weight is 262 g/mol. The van der Waals surface area contributed by atoms with E-state index in [0.717, 1.165) is 15.1 Å². The standard InChI is InChI=1S/C9H12BrNOS/c1-2-6(11)5-7(12)8-3-4-9(10)13-8/h3-4,6H,2,5,11H2,1H3. The van der Waals surface area contributed by atoms with Crippen LogP contribution >= 0.6 is 27.3 Å². The normalized spacial score (nSPS) is 12.8. The second-order valence-corrected chi connectivity index (χ2v) is 5.36. The van der Waals surface area contributed by atoms with Crippen molar-refractivity contribution in [2.75, 3.05) is 0 Å². The molecule has 0 saturated heterocycles. The van der Waals surface area contributed by atoms with Crippen molar-refractivity contribution in [3.05, 3.63) is 20.8 Å². The highest BCUT2D eigenvalue weighted by molar-refractivity contribution is 9.11. The number of thiophene rings is 1. The molecular weight excluding hydrogens is 250 g/mol. The lowest BCUT2D eigenvalue weighted by Crippen LogP contribution is -2.22. The maximum absolute atomic E-state index is 11.5. The first-order chi connectivity index (χ1) is 6.13. The fourth-order valence-corrected chi connectivity index (χ4v) is 2.28. The topological polar surface area (TPSA) is 43.1 Å². The summed E-state index contributed by atoms with van der Waals surface area (Å²) >= 11 is 4.78. The van der Waals surface area contributed by atoms with Crippen molar-refractivity contribution in [2.24, 2.45) is 5.73 Å². The predicted octanol–water partition coefficient (Wildman–Crippen LogP) is 2.82. The van der Waals surface area contributed by atoms with E-state index in [-0.39, 0.29) is 11.8 Å². The van der Waals surface area contributed by atoms with E-state index in [1.807, 2.05) is 19.1 Å². The van der Waals surface area contributed by atoms with Gasteiger partial charge in [0.1, 0.15) is 0 Å². The van der Waals surface area contributed by atoms with Gasteiger partial charge in [-0.1, -0.05) is 6.92 Å². The van der Waals surface area contributed by atoms with Gasteiger partial charge in [0.15, 0.2) is 5.78 Å². The Morgan fingerprint density at radius 1 is 1.69 bits per heavy atom. The lowest BCUT2D eigenvalue weighted by atomic mass is 10.1. The number of ketones is 1. The van der Waals surface area contributed by atoms with E-state index in [1.165, 1.54) is 11.3 Å². The van der Waals surface area contributed by atoms with Gasteiger partial charge in [0.05, 0.1) is 8.66 Å². The zero-order chi connectivity index (χ0) is 9.84. The summed E-state index contributed by atoms with van der Waals surface area (Å²) in [6, 6.07) is 3.71. The van der Waals surface area contributed by atoms with Gasteiger partial charge in [-0.05, 0) is 34.5 Å². The Balaban J connectivity index is 2.58. The summed E-state index contributed by atoms with van der Waals surface area (Å²) < 4.78 is 0.987. The summed E-state index contributed by atoms with van der Waals surface area (Å²) in [5.41, 5.74) is 5.69. The van der Waals surface area contributed by atoms with Crippen LogP contribution in [-0.4, -0.2) is 11.8 Å². The van der Waals surface area contributed by atoms with Crippen LogP contribution in [0.1, 0.15) is 29.4 Å². The highest BCUT2D eigenvalue weighted by Gasteiger charge is 2.11. The molecule has 0 bridgehead atoms. The highest BCUT2D eigenvalue weighted by atomic mass is 79.9. The molecule has 0 fully saturated rings. The molecular formula is C9H12BrNOS. The molecule has 1 rings (SSSR count). The minimum atomic E-state index is -0.00613. The van der Waals surface area contributed by atoms with Gasteiger partial charge in [0.2, 0.25) is 0 Å². The molecule has 0 aliphatic heterocycles. The van der Waals surface area contributed by atoms with Crippen LogP contribution < -0.4 is 5.73 Å². The van der Waals surface area contributed by atoms with Crippen LogP contribution in [-0.2, 0) is 0 Å². The number of carbonyl (C=O) groups is 1. The minimum absolute atomic E-state index is 0.00613. The fourth-order valence-electron chi connectivity index (χ4n) is 0.947. The average Bonchev–Trinajstić information content (AvgIpc) is 2.51. The monoisotopic (exact) mass is 261 g/mol. The SMILES string of the molecule is CCC(N)CC(=O)c1ccc(Br)s1. The second kappa shape index (κ2) is 4.88. The molecule has 1 aromatic heterocycles. The third-order valence-electron chi connectivity index (χ3n) is 1.82. The van der Waals surface area contributed by atoms with Crippen molar-refractivity contribution < 1.29 is 4.79 Å². The van der Waals surface area contributed by atoms with Crippen molar-refractivity contribution in [2.45, 2.75) is 25.8 Å². The van der Waals surface area contributed by atoms with Gasteiger partial charge in [-0.2, -0.15) is 0 Å². The number of nitrogens with two attached hydrogens (primary N) is 1. The van der Waals surface area contributed by atoms with Gasteiger partial charge in [0, 0.05) is 12.5 Å². The lowest BCUT2D eigenvalue weighted by Gasteiger charge is -2.05. The summed E-state index contributed by atoms with van der Waals surface area (Å²) in [5.74, 6) is 0.144. The van der Waals surface area contributed by atoms with Crippen LogP contribution in [0.15, 0.2) is 15.9 Å². The van der Waals surface area contributed by atoms with Gasteiger partial charge in [0.25, 0.3) is 0 Å². The molecule has 1 unspecified atom stereocenters. The smallest absolute Gasteiger partial charge is 0.174 e. The molecule has 0 saturated carbocycles. The summed E-state index contributed by atoms with van der Waals surface area (Å²) in [6.07, 6.45) is 1.29. The molecule has 0 amide bonds. The van der Waals surface area contributed by atoms with Crippen LogP contribution in [0, 0.1) is 0 Å². The molecule has 0 aliphatic carbocycles. The van der Waals surface area contributed by atoms with Gasteiger partial charge in [-0.25, -0.2) is 0 Å². The van der Waals surface area contributed by atoms with E-state index >= 15 is 0 Å². The zero-order valence-electron chi connectivity index (χ0n) is 7.42. The van der Waals surface area contributed by atoms with Crippen LogP contribution in [0.2, 0.25) is 0 Å². The molecule has 72 valence electrons. The third kappa shape index (κ3) is 3.21. The Bertz CT molecular complexity index is 298. The zero-order valence-corrected chi connectivity index (χ0v) is 9.82. The summed E-state index contributed by atoms with van der Waals surface area (Å²) in [5, 5.41) is 0. The molecule has 2 N–H and O–H groups in total. The molecule has 2 nitrogen and oxygen atoms in total. The molecule has 0 aliphatic rings. The van der Waals surface area contributed by atoms with E-state index in [4.69, 9.17) is 5.73 Å². The lowest BCUT2D eigenvalue weighted by molar-refractivity contribution is 0.0978. The first-order valence-corrected chi connectivity index (χ1v) is 5.78. The first-order valence-electron chi connectivity index (χ1n) is 4.17. The Morgan fingerprint density at radius 3 is 2.85 bits per heavy atom. The summed E-state index contributed by atoms with van der Waals surface area (Å²) in [4.78, 5) is 12.3. The van der Waals surface area contributed by atoms with Crippen LogP contribution in [0.4, 0.5) is 0 Å². The van der Waals surface area contributed by atoms with Crippen LogP contribution in [0.25, 0.3) is 0 Å². The second-order valence-electron chi connectivity index (χ2n) is 2.90. The maximum Gasteiger partial charge on any atom is 0.174 e. The van der Waals surface area contributed by atoms with Crippen molar-refractivity contribution in [1.29, 1.82) is 0 Å². The van der Waals surface area contributed by atoms with Crippen LogP contribution in [0.3, 0.4) is 0 Å². The quantitative estimate of drug-likeness (QED) is 0.848. The van der Waals surface area contributed by atoms with Crippen molar-refractivity contribution in [3.63, 3.8) is 0 Å². The molecule has 0 spiro atoms. The minimum Gasteiger partial charge on any atom is -0.327 e. The van der Waals surface area contributed by atoms with E-state index in [1.54, 1.807) is 0 Å². The Kier molecular flexibility index (Phi) is 4.09. The summed E-state index contributed by atoms with van der Waals surface area (Å²) in [7, 11) is 0. The number of halogens is 1. The molecule has 0 aromatic carbocycles. The molecule has 1 heterocycles. The third-order valence-corrected chi connectivity index (χ3v) is 3.48. The fraction of sp³-hybridized carbons (Fsp3) is 0.444. The molecule has 1 aromatic rings. The maximum atomic E-state index is 11.5. The van der Waals surface area contributed by atoms with Gasteiger partial charge in [-0.15, -0.1) is 11.3 Å². The van der Waals surface area contributed by atoms with Crippen molar-refractivity contribution >= 4 is 33.0 Å². The van der Waals surface area contributed by atoms with Gasteiger partial charge < -0.3 is 5.73 Å². The Labute approximate surface area is 90.3 Å². The Morgan fingerprint density at radius 2 is 2.38 bits per heavy atom. The first kappa shape index (κ1) is 10.9. The molecule has 13 heavy (non-hydrogen) atoms. The molecule has 4 heteroatoms. The predicted molar refractivity (Wildman–Crippen MR) is 59.2 cm³/mol.